The van der Waals surface area contributed by atoms with E-state index in [2.05, 4.69) is 26.8 Å². The molecule has 0 spiro atoms. The van der Waals surface area contributed by atoms with Gasteiger partial charge in [0.1, 0.15) is 6.10 Å². The SMILES string of the molecule is C[C@]12C=CC(O)C(Cl)=C1CC[C@@H]1C2CC[C@@]2(C)C1CC[C@]2(C)O. The zero-order chi connectivity index (χ0) is 16.6. The van der Waals surface area contributed by atoms with Crippen LogP contribution in [0.1, 0.15) is 59.3 Å². The Bertz CT molecular complexity index is 592. The number of allylic oxidation sites excluding steroid dienone is 2. The van der Waals surface area contributed by atoms with E-state index in [1.165, 1.54) is 5.57 Å². The van der Waals surface area contributed by atoms with E-state index in [1.54, 1.807) is 0 Å². The highest BCUT2D eigenvalue weighted by atomic mass is 35.5. The molecule has 0 aliphatic heterocycles. The molecule has 4 rings (SSSR count). The number of hydrogen-bond donors (Lipinski definition) is 2. The largest absolute Gasteiger partial charge is 0.390 e. The molecule has 0 radical (unpaired) electrons. The second-order valence-electron chi connectivity index (χ2n) is 9.10. The first kappa shape index (κ1) is 16.2. The number of aliphatic hydroxyl groups excluding tert-OH is 1. The summed E-state index contributed by atoms with van der Waals surface area (Å²) in [5.41, 5.74) is 0.807. The molecule has 3 unspecified atom stereocenters. The van der Waals surface area contributed by atoms with Gasteiger partial charge in [-0.05, 0) is 74.2 Å². The predicted molar refractivity (Wildman–Crippen MR) is 93.0 cm³/mol. The molecule has 0 aromatic heterocycles. The topological polar surface area (TPSA) is 40.5 Å². The first-order valence-electron chi connectivity index (χ1n) is 9.19. The summed E-state index contributed by atoms with van der Waals surface area (Å²) in [6, 6.07) is 0. The lowest BCUT2D eigenvalue weighted by Crippen LogP contribution is -2.53. The van der Waals surface area contributed by atoms with Gasteiger partial charge in [0.05, 0.1) is 10.6 Å². The molecule has 3 fully saturated rings. The van der Waals surface area contributed by atoms with Gasteiger partial charge in [0, 0.05) is 5.41 Å². The summed E-state index contributed by atoms with van der Waals surface area (Å²) in [4.78, 5) is 0. The summed E-state index contributed by atoms with van der Waals surface area (Å²) in [7, 11) is 0. The Kier molecular flexibility index (Phi) is 3.42. The molecule has 128 valence electrons. The first-order chi connectivity index (χ1) is 10.7. The number of rotatable bonds is 0. The molecule has 3 saturated carbocycles. The van der Waals surface area contributed by atoms with Crippen molar-refractivity contribution >= 4 is 11.6 Å². The van der Waals surface area contributed by atoms with Crippen molar-refractivity contribution in [1.82, 2.24) is 0 Å². The molecule has 0 bridgehead atoms. The second kappa shape index (κ2) is 4.86. The van der Waals surface area contributed by atoms with Gasteiger partial charge in [-0.25, -0.2) is 0 Å². The maximum atomic E-state index is 10.9. The van der Waals surface area contributed by atoms with Crippen molar-refractivity contribution in [2.24, 2.45) is 28.6 Å². The van der Waals surface area contributed by atoms with Crippen LogP contribution in [0.5, 0.6) is 0 Å². The van der Waals surface area contributed by atoms with Crippen LogP contribution in [0.3, 0.4) is 0 Å². The highest BCUT2D eigenvalue weighted by molar-refractivity contribution is 6.31. The van der Waals surface area contributed by atoms with Gasteiger partial charge in [0.25, 0.3) is 0 Å². The van der Waals surface area contributed by atoms with Crippen molar-refractivity contribution in [3.8, 4) is 0 Å². The third kappa shape index (κ3) is 1.95. The van der Waals surface area contributed by atoms with Gasteiger partial charge in [-0.3, -0.25) is 0 Å². The Morgan fingerprint density at radius 2 is 1.78 bits per heavy atom. The Balaban J connectivity index is 1.72. The fourth-order valence-electron chi connectivity index (χ4n) is 6.64. The lowest BCUT2D eigenvalue weighted by atomic mass is 9.47. The normalized spacial score (nSPS) is 55.4. The average molecular weight is 337 g/mol. The van der Waals surface area contributed by atoms with Crippen molar-refractivity contribution in [1.29, 1.82) is 0 Å². The number of fused-ring (bicyclic) bond motifs is 5. The maximum Gasteiger partial charge on any atom is 0.108 e. The molecule has 2 N–H and O–H groups in total. The second-order valence-corrected chi connectivity index (χ2v) is 9.50. The highest BCUT2D eigenvalue weighted by Gasteiger charge is 2.62. The molecule has 0 amide bonds. The minimum Gasteiger partial charge on any atom is -0.390 e. The number of aliphatic hydroxyl groups is 2. The van der Waals surface area contributed by atoms with Crippen molar-refractivity contribution in [2.75, 3.05) is 0 Å². The summed E-state index contributed by atoms with van der Waals surface area (Å²) < 4.78 is 0. The third-order valence-electron chi connectivity index (χ3n) is 8.32. The van der Waals surface area contributed by atoms with E-state index in [1.807, 2.05) is 6.08 Å². The number of halogens is 1. The van der Waals surface area contributed by atoms with Crippen molar-refractivity contribution < 1.29 is 10.2 Å². The molecule has 3 heteroatoms. The van der Waals surface area contributed by atoms with Gasteiger partial charge >= 0.3 is 0 Å². The standard InChI is InChI=1S/C20H29ClO2/c1-18-9-8-16(22)17(21)15(18)5-4-12-13(18)6-10-19(2)14(12)7-11-20(19,3)23/h8-9,12-14,16,22-23H,4-7,10-11H2,1-3H3/t12-,13?,14?,16?,18-,19+,20+/m1/s1. The van der Waals surface area contributed by atoms with E-state index in [0.717, 1.165) is 38.5 Å². The lowest BCUT2D eigenvalue weighted by molar-refractivity contribution is -0.111. The minimum atomic E-state index is -0.614. The third-order valence-corrected chi connectivity index (χ3v) is 8.77. The van der Waals surface area contributed by atoms with Crippen LogP contribution in [0.4, 0.5) is 0 Å². The summed E-state index contributed by atoms with van der Waals surface area (Å²) >= 11 is 6.48. The van der Waals surface area contributed by atoms with Gasteiger partial charge < -0.3 is 10.2 Å². The van der Waals surface area contributed by atoms with Gasteiger partial charge in [-0.15, -0.1) is 0 Å². The van der Waals surface area contributed by atoms with Crippen LogP contribution in [0.15, 0.2) is 22.8 Å². The smallest absolute Gasteiger partial charge is 0.108 e. The van der Waals surface area contributed by atoms with E-state index < -0.39 is 11.7 Å². The van der Waals surface area contributed by atoms with E-state index in [9.17, 15) is 10.2 Å². The molecule has 7 atom stereocenters. The van der Waals surface area contributed by atoms with Crippen LogP contribution < -0.4 is 0 Å². The molecule has 0 saturated heterocycles. The molecule has 0 aromatic rings. The molecule has 2 nitrogen and oxygen atoms in total. The van der Waals surface area contributed by atoms with Gasteiger partial charge in [0.15, 0.2) is 0 Å². The fraction of sp³-hybridized carbons (Fsp3) is 0.800. The van der Waals surface area contributed by atoms with Crippen molar-refractivity contribution in [2.45, 2.75) is 71.0 Å². The van der Waals surface area contributed by atoms with Crippen LogP contribution in [-0.4, -0.2) is 21.9 Å². The van der Waals surface area contributed by atoms with E-state index >= 15 is 0 Å². The Labute approximate surface area is 144 Å². The summed E-state index contributed by atoms with van der Waals surface area (Å²) in [5.74, 6) is 1.88. The van der Waals surface area contributed by atoms with E-state index in [4.69, 9.17) is 11.6 Å². The molecule has 4 aliphatic rings. The van der Waals surface area contributed by atoms with Gasteiger partial charge in [-0.2, -0.15) is 0 Å². The molecule has 0 heterocycles. The van der Waals surface area contributed by atoms with Crippen molar-refractivity contribution in [3.63, 3.8) is 0 Å². The van der Waals surface area contributed by atoms with Gasteiger partial charge in [0.2, 0.25) is 0 Å². The van der Waals surface area contributed by atoms with Crippen LogP contribution in [0, 0.1) is 28.6 Å². The molecular formula is C20H29ClO2. The van der Waals surface area contributed by atoms with Crippen LogP contribution >= 0.6 is 11.6 Å². The molecule has 0 aromatic carbocycles. The van der Waals surface area contributed by atoms with Crippen LogP contribution in [-0.2, 0) is 0 Å². The molecule has 4 aliphatic carbocycles. The monoisotopic (exact) mass is 336 g/mol. The first-order valence-corrected chi connectivity index (χ1v) is 9.57. The van der Waals surface area contributed by atoms with E-state index in [0.29, 0.717) is 22.8 Å². The number of hydrogen-bond acceptors (Lipinski definition) is 2. The Hall–Kier alpha value is -0.310. The molecule has 23 heavy (non-hydrogen) atoms. The van der Waals surface area contributed by atoms with E-state index in [-0.39, 0.29) is 10.8 Å². The van der Waals surface area contributed by atoms with Crippen LogP contribution in [0.2, 0.25) is 0 Å². The fourth-order valence-corrected chi connectivity index (χ4v) is 7.01. The summed E-state index contributed by atoms with van der Waals surface area (Å²) in [6.07, 6.45) is 9.98. The zero-order valence-corrected chi connectivity index (χ0v) is 15.2. The summed E-state index contributed by atoms with van der Waals surface area (Å²) in [5, 5.41) is 21.7. The average Bonchev–Trinajstić information content (AvgIpc) is 2.74. The predicted octanol–water partition coefficient (Wildman–Crippen LogP) is 4.40. The Morgan fingerprint density at radius 3 is 2.52 bits per heavy atom. The van der Waals surface area contributed by atoms with Crippen LogP contribution in [0.25, 0.3) is 0 Å². The zero-order valence-electron chi connectivity index (χ0n) is 14.5. The Morgan fingerprint density at radius 1 is 1.09 bits per heavy atom. The summed E-state index contributed by atoms with van der Waals surface area (Å²) in [6.45, 7) is 6.69. The molecular weight excluding hydrogens is 308 g/mol. The maximum absolute atomic E-state index is 10.9. The minimum absolute atomic E-state index is 0.00495. The highest BCUT2D eigenvalue weighted by Crippen LogP contribution is 2.67. The quantitative estimate of drug-likeness (QED) is 0.643. The lowest BCUT2D eigenvalue weighted by Gasteiger charge is -2.58. The van der Waals surface area contributed by atoms with Gasteiger partial charge in [-0.1, -0.05) is 37.6 Å². The van der Waals surface area contributed by atoms with Crippen molar-refractivity contribution in [3.05, 3.63) is 22.8 Å².